The summed E-state index contributed by atoms with van der Waals surface area (Å²) < 4.78 is 13.2. The van der Waals surface area contributed by atoms with Gasteiger partial charge in [0.05, 0.1) is 16.1 Å². The molecule has 0 atom stereocenters. The summed E-state index contributed by atoms with van der Waals surface area (Å²) in [7, 11) is 0. The van der Waals surface area contributed by atoms with Crippen LogP contribution in [0.25, 0.3) is 0 Å². The monoisotopic (exact) mass is 388 g/mol. The average Bonchev–Trinajstić information content (AvgIpc) is 2.60. The van der Waals surface area contributed by atoms with E-state index in [0.29, 0.717) is 17.8 Å². The Kier molecular flexibility index (Phi) is 5.14. The van der Waals surface area contributed by atoms with Gasteiger partial charge < -0.3 is 10.6 Å². The highest BCUT2D eigenvalue weighted by molar-refractivity contribution is 6.31. The summed E-state index contributed by atoms with van der Waals surface area (Å²) in [4.78, 5) is 24.0. The van der Waals surface area contributed by atoms with E-state index in [-0.39, 0.29) is 10.9 Å². The molecule has 27 heavy (non-hydrogen) atoms. The summed E-state index contributed by atoms with van der Waals surface area (Å²) in [6.45, 7) is 3.70. The maximum Gasteiger partial charge on any atom is 0.323 e. The fraction of sp³-hybridized carbons (Fsp3) is 0.211. The number of urea groups is 1. The van der Waals surface area contributed by atoms with Crippen LogP contribution in [0.1, 0.15) is 25.8 Å². The largest absolute Gasteiger partial charge is 0.323 e. The maximum absolute atomic E-state index is 13.2. The molecule has 8 heteroatoms. The first-order chi connectivity index (χ1) is 12.7. The highest BCUT2D eigenvalue weighted by atomic mass is 35.5. The van der Waals surface area contributed by atoms with Crippen LogP contribution in [0.4, 0.5) is 20.6 Å². The molecular weight excluding hydrogens is 371 g/mol. The van der Waals surface area contributed by atoms with E-state index in [9.17, 15) is 14.0 Å². The quantitative estimate of drug-likeness (QED) is 0.729. The van der Waals surface area contributed by atoms with E-state index in [1.807, 2.05) is 19.9 Å². The molecule has 2 aromatic rings. The number of hydrazone groups is 1. The van der Waals surface area contributed by atoms with Crippen LogP contribution in [-0.2, 0) is 4.79 Å². The Hall–Kier alpha value is -2.93. The number of rotatable bonds is 3. The Bertz CT molecular complexity index is 943. The lowest BCUT2D eigenvalue weighted by Gasteiger charge is -2.27. The zero-order valence-electron chi connectivity index (χ0n) is 14.8. The molecule has 0 radical (unpaired) electrons. The first-order valence-corrected chi connectivity index (χ1v) is 8.63. The Morgan fingerprint density at radius 3 is 2.56 bits per heavy atom. The van der Waals surface area contributed by atoms with E-state index in [0.717, 1.165) is 11.3 Å². The van der Waals surface area contributed by atoms with Crippen LogP contribution in [0.2, 0.25) is 5.02 Å². The number of hydrogen-bond donors (Lipinski definition) is 3. The predicted octanol–water partition coefficient (Wildman–Crippen LogP) is 4.37. The topological polar surface area (TPSA) is 82.6 Å². The lowest BCUT2D eigenvalue weighted by Crippen LogP contribution is -2.40. The molecule has 3 amide bonds. The summed E-state index contributed by atoms with van der Waals surface area (Å²) in [5.74, 6) is -0.684. The van der Waals surface area contributed by atoms with Gasteiger partial charge in [-0.05, 0) is 35.9 Å². The predicted molar refractivity (Wildman–Crippen MR) is 104 cm³/mol. The van der Waals surface area contributed by atoms with Gasteiger partial charge in [-0.15, -0.1) is 0 Å². The number of nitrogens with one attached hydrogen (secondary N) is 3. The first kappa shape index (κ1) is 18.8. The van der Waals surface area contributed by atoms with Crippen LogP contribution in [0.3, 0.4) is 0 Å². The number of halogens is 2. The smallest absolute Gasteiger partial charge is 0.308 e. The molecule has 0 aromatic heterocycles. The fourth-order valence-electron chi connectivity index (χ4n) is 2.62. The average molecular weight is 389 g/mol. The second-order valence-corrected chi connectivity index (χ2v) is 7.26. The van der Waals surface area contributed by atoms with Crippen molar-refractivity contribution in [1.82, 2.24) is 5.43 Å². The molecule has 0 bridgehead atoms. The van der Waals surface area contributed by atoms with Crippen LogP contribution >= 0.6 is 11.6 Å². The van der Waals surface area contributed by atoms with Crippen molar-refractivity contribution in [2.75, 3.05) is 10.6 Å². The van der Waals surface area contributed by atoms with Gasteiger partial charge in [-0.3, -0.25) is 4.79 Å². The van der Waals surface area contributed by atoms with Crippen LogP contribution in [0, 0.1) is 11.2 Å². The number of benzene rings is 2. The highest BCUT2D eigenvalue weighted by Crippen LogP contribution is 2.27. The number of anilines is 2. The molecule has 0 fully saturated rings. The van der Waals surface area contributed by atoms with Crippen molar-refractivity contribution in [1.29, 1.82) is 0 Å². The van der Waals surface area contributed by atoms with Crippen LogP contribution in [0.5, 0.6) is 0 Å². The summed E-state index contributed by atoms with van der Waals surface area (Å²) in [6.07, 6.45) is 0.489. The van der Waals surface area contributed by atoms with Gasteiger partial charge in [0.25, 0.3) is 0 Å². The number of hydrogen-bond acceptors (Lipinski definition) is 3. The molecule has 6 nitrogen and oxygen atoms in total. The van der Waals surface area contributed by atoms with Gasteiger partial charge in [0.2, 0.25) is 5.91 Å². The molecule has 0 spiro atoms. The SMILES string of the molecule is CC1(C)CC(c2cccc(NC(=O)Nc3ccc(F)c(Cl)c3)c2)=NNC1=O. The third-order valence-corrected chi connectivity index (χ3v) is 4.44. The Morgan fingerprint density at radius 2 is 1.89 bits per heavy atom. The van der Waals surface area contributed by atoms with Crippen molar-refractivity contribution >= 4 is 40.6 Å². The van der Waals surface area contributed by atoms with E-state index in [2.05, 4.69) is 21.2 Å². The molecule has 140 valence electrons. The fourth-order valence-corrected chi connectivity index (χ4v) is 2.80. The van der Waals surface area contributed by atoms with E-state index >= 15 is 0 Å². The zero-order valence-corrected chi connectivity index (χ0v) is 15.5. The maximum atomic E-state index is 13.2. The molecule has 0 saturated heterocycles. The second-order valence-electron chi connectivity index (χ2n) is 6.85. The summed E-state index contributed by atoms with van der Waals surface area (Å²) in [5.41, 5.74) is 4.42. The molecule has 1 heterocycles. The molecule has 0 saturated carbocycles. The molecule has 0 aliphatic carbocycles. The Morgan fingerprint density at radius 1 is 1.19 bits per heavy atom. The van der Waals surface area contributed by atoms with Gasteiger partial charge in [-0.25, -0.2) is 14.6 Å². The summed E-state index contributed by atoms with van der Waals surface area (Å²) in [5, 5.41) is 9.34. The second kappa shape index (κ2) is 7.36. The lowest BCUT2D eigenvalue weighted by molar-refractivity contribution is -0.129. The zero-order chi connectivity index (χ0) is 19.6. The normalized spacial score (nSPS) is 15.6. The van der Waals surface area contributed by atoms with Gasteiger partial charge in [-0.1, -0.05) is 37.6 Å². The van der Waals surface area contributed by atoms with Crippen molar-refractivity contribution < 1.29 is 14.0 Å². The van der Waals surface area contributed by atoms with Crippen molar-refractivity contribution in [3.05, 3.63) is 58.9 Å². The van der Waals surface area contributed by atoms with E-state index in [4.69, 9.17) is 11.6 Å². The van der Waals surface area contributed by atoms with Crippen molar-refractivity contribution in [3.8, 4) is 0 Å². The number of amides is 3. The Balaban J connectivity index is 1.71. The van der Waals surface area contributed by atoms with Gasteiger partial charge in [0.15, 0.2) is 0 Å². The molecule has 3 N–H and O–H groups in total. The number of carbonyl (C=O) groups excluding carboxylic acids is 2. The Labute approximate surface area is 160 Å². The molecule has 3 rings (SSSR count). The molecule has 0 unspecified atom stereocenters. The van der Waals surface area contributed by atoms with E-state index in [1.165, 1.54) is 18.2 Å². The molecule has 2 aromatic carbocycles. The lowest BCUT2D eigenvalue weighted by atomic mass is 9.83. The number of carbonyl (C=O) groups is 2. The van der Waals surface area contributed by atoms with Gasteiger partial charge in [0, 0.05) is 17.8 Å². The van der Waals surface area contributed by atoms with Crippen LogP contribution in [0.15, 0.2) is 47.6 Å². The molecule has 1 aliphatic rings. The number of nitrogens with zero attached hydrogens (tertiary/aromatic N) is 1. The summed E-state index contributed by atoms with van der Waals surface area (Å²) >= 11 is 5.71. The minimum atomic E-state index is -0.557. The third-order valence-electron chi connectivity index (χ3n) is 4.15. The minimum Gasteiger partial charge on any atom is -0.308 e. The standard InChI is InChI=1S/C19H18ClFN4O2/c1-19(2)10-16(24-25-17(19)26)11-4-3-5-12(8-11)22-18(27)23-13-6-7-15(21)14(20)9-13/h3-9H,10H2,1-2H3,(H,25,26)(H2,22,23,27). The molecule has 1 aliphatic heterocycles. The van der Waals surface area contributed by atoms with Gasteiger partial charge >= 0.3 is 6.03 Å². The highest BCUT2D eigenvalue weighted by Gasteiger charge is 2.33. The summed E-state index contributed by atoms with van der Waals surface area (Å²) in [6, 6.07) is 10.6. The first-order valence-electron chi connectivity index (χ1n) is 8.25. The van der Waals surface area contributed by atoms with Gasteiger partial charge in [0.1, 0.15) is 5.82 Å². The van der Waals surface area contributed by atoms with Crippen molar-refractivity contribution in [3.63, 3.8) is 0 Å². The third kappa shape index (κ3) is 4.43. The van der Waals surface area contributed by atoms with E-state index < -0.39 is 17.3 Å². The van der Waals surface area contributed by atoms with Gasteiger partial charge in [-0.2, -0.15) is 5.10 Å². The van der Waals surface area contributed by atoms with Crippen molar-refractivity contribution in [2.45, 2.75) is 20.3 Å². The molecular formula is C19H18ClFN4O2. The minimum absolute atomic E-state index is 0.0743. The van der Waals surface area contributed by atoms with Crippen molar-refractivity contribution in [2.24, 2.45) is 10.5 Å². The van der Waals surface area contributed by atoms with Crippen LogP contribution < -0.4 is 16.1 Å². The van der Waals surface area contributed by atoms with E-state index in [1.54, 1.807) is 18.2 Å². The van der Waals surface area contributed by atoms with Crippen LogP contribution in [-0.4, -0.2) is 17.6 Å².